The van der Waals surface area contributed by atoms with Crippen LogP contribution in [0, 0.1) is 0 Å². The zero-order valence-electron chi connectivity index (χ0n) is 15.3. The van der Waals surface area contributed by atoms with Crippen LogP contribution in [0.5, 0.6) is 11.5 Å². The number of methoxy groups -OCH3 is 2. The Bertz CT molecular complexity index is 734. The van der Waals surface area contributed by atoms with Crippen molar-refractivity contribution in [1.29, 1.82) is 0 Å². The van der Waals surface area contributed by atoms with E-state index in [0.29, 0.717) is 30.2 Å². The summed E-state index contributed by atoms with van der Waals surface area (Å²) in [5.41, 5.74) is 2.40. The molecule has 0 heterocycles. The predicted octanol–water partition coefficient (Wildman–Crippen LogP) is 4.36. The molecule has 0 aromatic heterocycles. The maximum Gasteiger partial charge on any atom is 0.258 e. The molecule has 2 rings (SSSR count). The Balaban J connectivity index is 2.55. The molecule has 0 bridgehead atoms. The molecule has 4 nitrogen and oxygen atoms in total. The first-order chi connectivity index (χ1) is 12.2. The van der Waals surface area contributed by atoms with Crippen LogP contribution in [-0.2, 0) is 0 Å². The zero-order valence-corrected chi connectivity index (χ0v) is 15.3. The molecule has 4 heteroatoms. The second-order valence-electron chi connectivity index (χ2n) is 5.49. The van der Waals surface area contributed by atoms with Gasteiger partial charge in [0.2, 0.25) is 0 Å². The van der Waals surface area contributed by atoms with Crippen molar-refractivity contribution in [2.24, 2.45) is 0 Å². The lowest BCUT2D eigenvalue weighted by Gasteiger charge is -2.22. The SMILES string of the molecule is CCN(CC)C(=O)c1c(C=Cc2ccccc2)ccc(OC)c1OC. The second-order valence-corrected chi connectivity index (χ2v) is 5.49. The Kier molecular flexibility index (Phi) is 6.63. The van der Waals surface area contributed by atoms with Crippen LogP contribution in [0.25, 0.3) is 12.2 Å². The van der Waals surface area contributed by atoms with Gasteiger partial charge in [-0.1, -0.05) is 48.6 Å². The molecular formula is C21H25NO3. The average Bonchev–Trinajstić information content (AvgIpc) is 2.67. The standard InChI is InChI=1S/C21H25NO3/c1-5-22(6-2)21(23)19-17(13-12-16-10-8-7-9-11-16)14-15-18(24-3)20(19)25-4/h7-15H,5-6H2,1-4H3. The molecule has 0 aliphatic carbocycles. The first-order valence-electron chi connectivity index (χ1n) is 8.43. The summed E-state index contributed by atoms with van der Waals surface area (Å²) in [5.74, 6) is 0.956. The van der Waals surface area contributed by atoms with E-state index in [1.54, 1.807) is 19.1 Å². The Hall–Kier alpha value is -2.75. The third-order valence-corrected chi connectivity index (χ3v) is 4.10. The van der Waals surface area contributed by atoms with E-state index in [1.165, 1.54) is 0 Å². The van der Waals surface area contributed by atoms with Crippen molar-refractivity contribution in [1.82, 2.24) is 4.90 Å². The normalized spacial score (nSPS) is 10.7. The van der Waals surface area contributed by atoms with Gasteiger partial charge in [-0.05, 0) is 31.0 Å². The molecule has 25 heavy (non-hydrogen) atoms. The van der Waals surface area contributed by atoms with Crippen molar-refractivity contribution >= 4 is 18.1 Å². The molecule has 0 aliphatic heterocycles. The van der Waals surface area contributed by atoms with Crippen molar-refractivity contribution in [3.05, 3.63) is 59.2 Å². The van der Waals surface area contributed by atoms with Crippen LogP contribution in [0.15, 0.2) is 42.5 Å². The van der Waals surface area contributed by atoms with Gasteiger partial charge >= 0.3 is 0 Å². The van der Waals surface area contributed by atoms with Crippen molar-refractivity contribution in [2.75, 3.05) is 27.3 Å². The van der Waals surface area contributed by atoms with E-state index in [-0.39, 0.29) is 5.91 Å². The Morgan fingerprint density at radius 2 is 1.64 bits per heavy atom. The van der Waals surface area contributed by atoms with Gasteiger partial charge in [0.25, 0.3) is 5.91 Å². The third kappa shape index (κ3) is 4.21. The highest BCUT2D eigenvalue weighted by atomic mass is 16.5. The van der Waals surface area contributed by atoms with Crippen molar-refractivity contribution in [2.45, 2.75) is 13.8 Å². The van der Waals surface area contributed by atoms with Crippen molar-refractivity contribution < 1.29 is 14.3 Å². The van der Waals surface area contributed by atoms with Gasteiger partial charge in [0.1, 0.15) is 0 Å². The molecule has 0 saturated heterocycles. The molecule has 0 aliphatic rings. The number of amides is 1. The van der Waals surface area contributed by atoms with E-state index in [0.717, 1.165) is 11.1 Å². The van der Waals surface area contributed by atoms with E-state index in [9.17, 15) is 4.79 Å². The fraction of sp³-hybridized carbons (Fsp3) is 0.286. The monoisotopic (exact) mass is 339 g/mol. The minimum atomic E-state index is -0.0616. The summed E-state index contributed by atoms with van der Waals surface area (Å²) in [7, 11) is 3.13. The van der Waals surface area contributed by atoms with Crippen LogP contribution in [0.1, 0.15) is 35.3 Å². The quantitative estimate of drug-likeness (QED) is 0.704. The summed E-state index contributed by atoms with van der Waals surface area (Å²) in [6.07, 6.45) is 3.92. The minimum absolute atomic E-state index is 0.0616. The first-order valence-corrected chi connectivity index (χ1v) is 8.43. The summed E-state index contributed by atoms with van der Waals surface area (Å²) in [6.45, 7) is 5.20. The second kappa shape index (κ2) is 8.92. The van der Waals surface area contributed by atoms with E-state index >= 15 is 0 Å². The van der Waals surface area contributed by atoms with Gasteiger partial charge in [-0.2, -0.15) is 0 Å². The van der Waals surface area contributed by atoms with Crippen LogP contribution < -0.4 is 9.47 Å². The average molecular weight is 339 g/mol. The van der Waals surface area contributed by atoms with Gasteiger partial charge in [0, 0.05) is 13.1 Å². The van der Waals surface area contributed by atoms with Crippen LogP contribution in [0.4, 0.5) is 0 Å². The number of rotatable bonds is 7. The maximum atomic E-state index is 13.0. The summed E-state index contributed by atoms with van der Waals surface area (Å²) in [6, 6.07) is 13.7. The van der Waals surface area contributed by atoms with Gasteiger partial charge in [0.05, 0.1) is 19.8 Å². The highest BCUT2D eigenvalue weighted by Crippen LogP contribution is 2.35. The topological polar surface area (TPSA) is 38.8 Å². The number of carbonyl (C=O) groups excluding carboxylic acids is 1. The number of ether oxygens (including phenoxy) is 2. The number of hydrogen-bond acceptors (Lipinski definition) is 3. The van der Waals surface area contributed by atoms with Crippen molar-refractivity contribution in [3.63, 3.8) is 0 Å². The fourth-order valence-corrected chi connectivity index (χ4v) is 2.72. The van der Waals surface area contributed by atoms with Crippen molar-refractivity contribution in [3.8, 4) is 11.5 Å². The van der Waals surface area contributed by atoms with Crippen LogP contribution in [0.3, 0.4) is 0 Å². The Labute approximate surface area is 149 Å². The molecule has 2 aromatic carbocycles. The highest BCUT2D eigenvalue weighted by Gasteiger charge is 2.23. The van der Waals surface area contributed by atoms with E-state index in [2.05, 4.69) is 0 Å². The third-order valence-electron chi connectivity index (χ3n) is 4.10. The Morgan fingerprint density at radius 1 is 0.960 bits per heavy atom. The molecule has 2 aromatic rings. The van der Waals surface area contributed by atoms with Crippen LogP contribution in [0.2, 0.25) is 0 Å². The molecule has 132 valence electrons. The van der Waals surface area contributed by atoms with Gasteiger partial charge in [-0.3, -0.25) is 4.79 Å². The summed E-state index contributed by atoms with van der Waals surface area (Å²) >= 11 is 0. The molecular weight excluding hydrogens is 314 g/mol. The van der Waals surface area contributed by atoms with E-state index in [1.807, 2.05) is 68.5 Å². The maximum absolute atomic E-state index is 13.0. The molecule has 0 N–H and O–H groups in total. The summed E-state index contributed by atoms with van der Waals surface area (Å²) in [5, 5.41) is 0. The minimum Gasteiger partial charge on any atom is -0.493 e. The van der Waals surface area contributed by atoms with Gasteiger partial charge in [-0.15, -0.1) is 0 Å². The molecule has 0 saturated carbocycles. The fourth-order valence-electron chi connectivity index (χ4n) is 2.72. The van der Waals surface area contributed by atoms with Gasteiger partial charge in [-0.25, -0.2) is 0 Å². The summed E-state index contributed by atoms with van der Waals surface area (Å²) < 4.78 is 10.9. The van der Waals surface area contributed by atoms with Gasteiger partial charge < -0.3 is 14.4 Å². The molecule has 0 spiro atoms. The molecule has 0 radical (unpaired) electrons. The number of hydrogen-bond donors (Lipinski definition) is 0. The number of nitrogens with zero attached hydrogens (tertiary/aromatic N) is 1. The highest BCUT2D eigenvalue weighted by molar-refractivity contribution is 6.02. The Morgan fingerprint density at radius 3 is 2.20 bits per heavy atom. The molecule has 0 fully saturated rings. The largest absolute Gasteiger partial charge is 0.493 e. The molecule has 0 unspecified atom stereocenters. The molecule has 1 amide bonds. The number of benzene rings is 2. The van der Waals surface area contributed by atoms with E-state index < -0.39 is 0 Å². The summed E-state index contributed by atoms with van der Waals surface area (Å²) in [4.78, 5) is 14.8. The zero-order chi connectivity index (χ0) is 18.2. The first kappa shape index (κ1) is 18.6. The lowest BCUT2D eigenvalue weighted by atomic mass is 10.0. The van der Waals surface area contributed by atoms with E-state index in [4.69, 9.17) is 9.47 Å². The van der Waals surface area contributed by atoms with Crippen LogP contribution in [-0.4, -0.2) is 38.1 Å². The predicted molar refractivity (Wildman–Crippen MR) is 102 cm³/mol. The van der Waals surface area contributed by atoms with Crippen LogP contribution >= 0.6 is 0 Å². The lowest BCUT2D eigenvalue weighted by molar-refractivity contribution is 0.0768. The number of carbonyl (C=O) groups is 1. The van der Waals surface area contributed by atoms with Gasteiger partial charge in [0.15, 0.2) is 11.5 Å². The smallest absolute Gasteiger partial charge is 0.258 e. The molecule has 0 atom stereocenters. The lowest BCUT2D eigenvalue weighted by Crippen LogP contribution is -2.31.